The molecular formula is C25H27BrN2O4S. The normalized spacial score (nSPS) is 13.2. The quantitative estimate of drug-likeness (QED) is 0.425. The molecule has 0 heterocycles. The van der Waals surface area contributed by atoms with E-state index in [1.807, 2.05) is 61.5 Å². The lowest BCUT2D eigenvalue weighted by molar-refractivity contribution is -0.123. The number of sulfonamides is 1. The van der Waals surface area contributed by atoms with Crippen LogP contribution in [0.3, 0.4) is 0 Å². The lowest BCUT2D eigenvalue weighted by atomic mass is 10.0. The molecule has 0 aromatic heterocycles. The van der Waals surface area contributed by atoms with E-state index in [-0.39, 0.29) is 17.4 Å². The number of carbonyl (C=O) groups excluding carboxylic acids is 1. The Kier molecular flexibility index (Phi) is 8.29. The minimum atomic E-state index is -3.95. The number of hydrogen-bond donors (Lipinski definition) is 2. The van der Waals surface area contributed by atoms with Crippen LogP contribution in [0.1, 0.15) is 29.7 Å². The van der Waals surface area contributed by atoms with E-state index in [2.05, 4.69) is 26.0 Å². The average molecular weight is 531 g/mol. The maximum absolute atomic E-state index is 13.2. The fraction of sp³-hybridized carbons (Fsp3) is 0.240. The Morgan fingerprint density at radius 1 is 1.03 bits per heavy atom. The second kappa shape index (κ2) is 11.0. The number of amides is 1. The van der Waals surface area contributed by atoms with E-state index in [0.29, 0.717) is 11.3 Å². The van der Waals surface area contributed by atoms with Crippen LogP contribution in [0.2, 0.25) is 0 Å². The largest absolute Gasteiger partial charge is 0.496 e. The SMILES string of the molecule is COc1ccc(S(=O)(=O)N[C@H](Cc2ccccc2)C(=O)N[C@@H](C)c2ccc(Br)cc2)cc1C. The van der Waals surface area contributed by atoms with Crippen molar-refractivity contribution in [2.24, 2.45) is 0 Å². The average Bonchev–Trinajstić information content (AvgIpc) is 2.79. The lowest BCUT2D eigenvalue weighted by Crippen LogP contribution is -2.48. The molecule has 174 valence electrons. The zero-order chi connectivity index (χ0) is 24.0. The van der Waals surface area contributed by atoms with Crippen LogP contribution in [0, 0.1) is 6.92 Å². The van der Waals surface area contributed by atoms with Crippen LogP contribution in [-0.4, -0.2) is 27.5 Å². The highest BCUT2D eigenvalue weighted by atomic mass is 79.9. The zero-order valence-electron chi connectivity index (χ0n) is 18.7. The van der Waals surface area contributed by atoms with Crippen LogP contribution in [0.25, 0.3) is 0 Å². The maximum Gasteiger partial charge on any atom is 0.241 e. The van der Waals surface area contributed by atoms with Crippen molar-refractivity contribution in [1.29, 1.82) is 0 Å². The van der Waals surface area contributed by atoms with Crippen molar-refractivity contribution in [1.82, 2.24) is 10.0 Å². The highest BCUT2D eigenvalue weighted by Gasteiger charge is 2.27. The Bertz CT molecular complexity index is 1200. The molecule has 0 saturated heterocycles. The van der Waals surface area contributed by atoms with Gasteiger partial charge in [0.15, 0.2) is 0 Å². The molecule has 3 aromatic carbocycles. The first-order valence-electron chi connectivity index (χ1n) is 10.5. The zero-order valence-corrected chi connectivity index (χ0v) is 21.1. The third-order valence-corrected chi connectivity index (χ3v) is 7.30. The van der Waals surface area contributed by atoms with Crippen molar-refractivity contribution in [3.63, 3.8) is 0 Å². The Labute approximate surface area is 203 Å². The summed E-state index contributed by atoms with van der Waals surface area (Å²) in [6, 6.07) is 20.2. The van der Waals surface area contributed by atoms with Crippen molar-refractivity contribution in [2.75, 3.05) is 7.11 Å². The lowest BCUT2D eigenvalue weighted by Gasteiger charge is -2.22. The highest BCUT2D eigenvalue weighted by molar-refractivity contribution is 9.10. The number of benzene rings is 3. The van der Waals surface area contributed by atoms with Crippen molar-refractivity contribution in [3.8, 4) is 5.75 Å². The van der Waals surface area contributed by atoms with Gasteiger partial charge in [-0.05, 0) is 67.3 Å². The highest BCUT2D eigenvalue weighted by Crippen LogP contribution is 2.22. The molecule has 3 aromatic rings. The molecule has 0 spiro atoms. The minimum absolute atomic E-state index is 0.0765. The fourth-order valence-electron chi connectivity index (χ4n) is 3.46. The molecule has 2 atom stereocenters. The topological polar surface area (TPSA) is 84.5 Å². The predicted molar refractivity (Wildman–Crippen MR) is 133 cm³/mol. The molecular weight excluding hydrogens is 504 g/mol. The predicted octanol–water partition coefficient (Wildman–Crippen LogP) is 4.53. The van der Waals surface area contributed by atoms with Gasteiger partial charge in [-0.15, -0.1) is 0 Å². The van der Waals surface area contributed by atoms with E-state index in [4.69, 9.17) is 4.74 Å². The summed E-state index contributed by atoms with van der Waals surface area (Å²) < 4.78 is 35.1. The summed E-state index contributed by atoms with van der Waals surface area (Å²) in [6.45, 7) is 3.63. The second-order valence-corrected chi connectivity index (χ2v) is 10.4. The van der Waals surface area contributed by atoms with Gasteiger partial charge in [0, 0.05) is 4.47 Å². The van der Waals surface area contributed by atoms with Crippen LogP contribution in [0.5, 0.6) is 5.75 Å². The molecule has 0 aliphatic carbocycles. The molecule has 6 nitrogen and oxygen atoms in total. The number of rotatable bonds is 9. The van der Waals surface area contributed by atoms with Gasteiger partial charge in [0.05, 0.1) is 18.0 Å². The molecule has 8 heteroatoms. The van der Waals surface area contributed by atoms with Gasteiger partial charge in [-0.25, -0.2) is 8.42 Å². The summed E-state index contributed by atoms with van der Waals surface area (Å²) in [5.41, 5.74) is 2.45. The van der Waals surface area contributed by atoms with Gasteiger partial charge in [-0.3, -0.25) is 4.79 Å². The van der Waals surface area contributed by atoms with Crippen molar-refractivity contribution in [2.45, 2.75) is 37.2 Å². The molecule has 0 aliphatic heterocycles. The molecule has 1 amide bonds. The molecule has 0 bridgehead atoms. The summed E-state index contributed by atoms with van der Waals surface area (Å²) in [4.78, 5) is 13.3. The standard InChI is InChI=1S/C25H27BrN2O4S/c1-17-15-22(13-14-24(17)32-3)33(30,31)28-23(16-19-7-5-4-6-8-19)25(29)27-18(2)20-9-11-21(26)12-10-20/h4-15,18,23,28H,16H2,1-3H3,(H,27,29)/t18-,23+/m0/s1. The monoisotopic (exact) mass is 530 g/mol. The Morgan fingerprint density at radius 2 is 1.70 bits per heavy atom. The molecule has 33 heavy (non-hydrogen) atoms. The van der Waals surface area contributed by atoms with Crippen LogP contribution in [0.4, 0.5) is 0 Å². The van der Waals surface area contributed by atoms with Crippen LogP contribution in [-0.2, 0) is 21.2 Å². The van der Waals surface area contributed by atoms with Gasteiger partial charge in [-0.1, -0.05) is 58.4 Å². The second-order valence-electron chi connectivity index (χ2n) is 7.78. The first-order valence-corrected chi connectivity index (χ1v) is 12.7. The third kappa shape index (κ3) is 6.66. The number of carbonyl (C=O) groups is 1. The van der Waals surface area contributed by atoms with E-state index in [1.165, 1.54) is 19.2 Å². The van der Waals surface area contributed by atoms with E-state index >= 15 is 0 Å². The Hall–Kier alpha value is -2.68. The smallest absolute Gasteiger partial charge is 0.241 e. The molecule has 0 aliphatic rings. The van der Waals surface area contributed by atoms with Crippen LogP contribution >= 0.6 is 15.9 Å². The van der Waals surface area contributed by atoms with Gasteiger partial charge < -0.3 is 10.1 Å². The number of hydrogen-bond acceptors (Lipinski definition) is 4. The number of ether oxygens (including phenoxy) is 1. The summed E-state index contributed by atoms with van der Waals surface area (Å²) in [6.07, 6.45) is 0.216. The van der Waals surface area contributed by atoms with Crippen molar-refractivity contribution < 1.29 is 17.9 Å². The van der Waals surface area contributed by atoms with E-state index < -0.39 is 22.0 Å². The number of methoxy groups -OCH3 is 1. The van der Waals surface area contributed by atoms with Gasteiger partial charge in [-0.2, -0.15) is 4.72 Å². The summed E-state index contributed by atoms with van der Waals surface area (Å²) in [5.74, 6) is 0.193. The number of halogens is 1. The molecule has 3 rings (SSSR count). The minimum Gasteiger partial charge on any atom is -0.496 e. The summed E-state index contributed by atoms with van der Waals surface area (Å²) in [5, 5.41) is 2.94. The van der Waals surface area contributed by atoms with Gasteiger partial charge in [0.2, 0.25) is 15.9 Å². The number of nitrogens with one attached hydrogen (secondary N) is 2. The summed E-state index contributed by atoms with van der Waals surface area (Å²) in [7, 11) is -2.42. The van der Waals surface area contributed by atoms with Crippen molar-refractivity contribution in [3.05, 3.63) is 94.0 Å². The van der Waals surface area contributed by atoms with Crippen molar-refractivity contribution >= 4 is 31.9 Å². The van der Waals surface area contributed by atoms with Gasteiger partial charge in [0.25, 0.3) is 0 Å². The van der Waals surface area contributed by atoms with Gasteiger partial charge in [0.1, 0.15) is 11.8 Å². The Morgan fingerprint density at radius 3 is 2.30 bits per heavy atom. The van der Waals surface area contributed by atoms with E-state index in [9.17, 15) is 13.2 Å². The molecule has 0 saturated carbocycles. The van der Waals surface area contributed by atoms with Crippen LogP contribution < -0.4 is 14.8 Å². The van der Waals surface area contributed by atoms with Gasteiger partial charge >= 0.3 is 0 Å². The molecule has 0 radical (unpaired) electrons. The fourth-order valence-corrected chi connectivity index (χ4v) is 5.00. The number of aryl methyl sites for hydroxylation is 1. The third-order valence-electron chi connectivity index (χ3n) is 5.30. The Balaban J connectivity index is 1.84. The molecule has 2 N–H and O–H groups in total. The summed E-state index contributed by atoms with van der Waals surface area (Å²) >= 11 is 3.40. The van der Waals surface area contributed by atoms with Crippen LogP contribution in [0.15, 0.2) is 82.2 Å². The van der Waals surface area contributed by atoms with E-state index in [1.54, 1.807) is 13.0 Å². The molecule has 0 fully saturated rings. The first kappa shape index (κ1) is 25.0. The molecule has 0 unspecified atom stereocenters. The maximum atomic E-state index is 13.2. The van der Waals surface area contributed by atoms with E-state index in [0.717, 1.165) is 15.6 Å². The first-order chi connectivity index (χ1) is 15.7.